The Hall–Kier alpha value is -1.98. The summed E-state index contributed by atoms with van der Waals surface area (Å²) in [6.07, 6.45) is 6.47. The molecule has 0 bridgehead atoms. The molecule has 1 aromatic heterocycles. The summed E-state index contributed by atoms with van der Waals surface area (Å²) in [6, 6.07) is 0. The largest absolute Gasteiger partial charge is 0.481 e. The summed E-state index contributed by atoms with van der Waals surface area (Å²) in [5, 5.41) is 11.9. The van der Waals surface area contributed by atoms with E-state index in [2.05, 4.69) is 15.3 Å². The summed E-state index contributed by atoms with van der Waals surface area (Å²) in [7, 11) is 0. The van der Waals surface area contributed by atoms with Crippen LogP contribution in [0.1, 0.15) is 26.2 Å². The number of anilines is 1. The molecule has 3 atom stereocenters. The van der Waals surface area contributed by atoms with Crippen LogP contribution in [0.3, 0.4) is 0 Å². The Morgan fingerprint density at radius 1 is 1.32 bits per heavy atom. The van der Waals surface area contributed by atoms with Crippen molar-refractivity contribution in [2.75, 3.05) is 5.32 Å². The van der Waals surface area contributed by atoms with Gasteiger partial charge in [-0.15, -0.1) is 0 Å². The normalized spacial score (nSPS) is 26.1. The van der Waals surface area contributed by atoms with Crippen LogP contribution < -0.4 is 5.32 Å². The first-order valence-corrected chi connectivity index (χ1v) is 6.40. The van der Waals surface area contributed by atoms with Gasteiger partial charge in [-0.05, 0) is 18.8 Å². The van der Waals surface area contributed by atoms with Crippen molar-refractivity contribution in [1.29, 1.82) is 0 Å². The molecule has 1 unspecified atom stereocenters. The number of aliphatic carboxylic acids is 1. The highest BCUT2D eigenvalue weighted by Gasteiger charge is 2.42. The van der Waals surface area contributed by atoms with Crippen molar-refractivity contribution in [2.45, 2.75) is 26.2 Å². The van der Waals surface area contributed by atoms with Gasteiger partial charge in [0.25, 0.3) is 0 Å². The van der Waals surface area contributed by atoms with Gasteiger partial charge in [-0.3, -0.25) is 9.59 Å². The van der Waals surface area contributed by atoms with Gasteiger partial charge in [-0.25, -0.2) is 9.97 Å². The Morgan fingerprint density at radius 2 is 1.95 bits per heavy atom. The van der Waals surface area contributed by atoms with Crippen LogP contribution in [0.2, 0.25) is 0 Å². The number of hydrogen-bond acceptors (Lipinski definition) is 4. The Labute approximate surface area is 111 Å². The minimum atomic E-state index is -0.889. The van der Waals surface area contributed by atoms with E-state index in [4.69, 9.17) is 0 Å². The summed E-state index contributed by atoms with van der Waals surface area (Å²) >= 11 is 0. The maximum absolute atomic E-state index is 12.2. The number of nitrogens with zero attached hydrogens (tertiary/aromatic N) is 2. The first kappa shape index (κ1) is 13.5. The lowest BCUT2D eigenvalue weighted by atomic mass is 9.95. The number of carboxylic acids is 1. The molecule has 1 aromatic rings. The molecule has 2 N–H and O–H groups in total. The summed E-state index contributed by atoms with van der Waals surface area (Å²) in [5.41, 5.74) is 0.497. The number of aromatic nitrogens is 2. The van der Waals surface area contributed by atoms with Gasteiger partial charge in [0.1, 0.15) is 6.33 Å². The molecule has 0 saturated heterocycles. The smallest absolute Gasteiger partial charge is 0.307 e. The lowest BCUT2D eigenvalue weighted by Gasteiger charge is -2.15. The van der Waals surface area contributed by atoms with Crippen LogP contribution in [0.25, 0.3) is 0 Å². The second kappa shape index (κ2) is 5.77. The Balaban J connectivity index is 2.07. The van der Waals surface area contributed by atoms with E-state index < -0.39 is 17.8 Å². The van der Waals surface area contributed by atoms with Crippen LogP contribution in [0.15, 0.2) is 18.7 Å². The van der Waals surface area contributed by atoms with Gasteiger partial charge < -0.3 is 10.4 Å². The zero-order valence-corrected chi connectivity index (χ0v) is 10.7. The van der Waals surface area contributed by atoms with Crippen molar-refractivity contribution in [3.63, 3.8) is 0 Å². The van der Waals surface area contributed by atoms with Crippen molar-refractivity contribution in [2.24, 2.45) is 17.8 Å². The molecular formula is C13H17N3O3. The van der Waals surface area contributed by atoms with Crippen molar-refractivity contribution in [3.05, 3.63) is 18.7 Å². The van der Waals surface area contributed by atoms with E-state index in [1.54, 1.807) is 0 Å². The fourth-order valence-corrected chi connectivity index (χ4v) is 2.64. The average molecular weight is 263 g/mol. The predicted molar refractivity (Wildman–Crippen MR) is 68.3 cm³/mol. The lowest BCUT2D eigenvalue weighted by molar-refractivity contribution is -0.145. The van der Waals surface area contributed by atoms with Crippen molar-refractivity contribution in [1.82, 2.24) is 9.97 Å². The molecule has 1 amide bonds. The van der Waals surface area contributed by atoms with Crippen LogP contribution in [0.5, 0.6) is 0 Å². The van der Waals surface area contributed by atoms with Crippen LogP contribution in [0, 0.1) is 17.8 Å². The fraction of sp³-hybridized carbons (Fsp3) is 0.538. The van der Waals surface area contributed by atoms with Crippen molar-refractivity contribution < 1.29 is 14.7 Å². The van der Waals surface area contributed by atoms with Gasteiger partial charge in [0.05, 0.1) is 29.9 Å². The molecule has 0 radical (unpaired) electrons. The van der Waals surface area contributed by atoms with E-state index in [0.717, 1.165) is 6.42 Å². The molecule has 1 fully saturated rings. The monoisotopic (exact) mass is 263 g/mol. The molecule has 6 heteroatoms. The second-order valence-electron chi connectivity index (χ2n) is 4.91. The quantitative estimate of drug-likeness (QED) is 0.859. The molecule has 0 aromatic carbocycles. The molecule has 1 saturated carbocycles. The molecule has 19 heavy (non-hydrogen) atoms. The first-order chi connectivity index (χ1) is 9.11. The highest BCUT2D eigenvalue weighted by atomic mass is 16.4. The van der Waals surface area contributed by atoms with E-state index in [-0.39, 0.29) is 5.91 Å². The first-order valence-electron chi connectivity index (χ1n) is 6.40. The van der Waals surface area contributed by atoms with E-state index in [1.807, 2.05) is 6.92 Å². The number of carbonyl (C=O) groups is 2. The standard InChI is InChI=1S/C13H17N3O3/c1-2-8-3-10(11(4-8)13(18)19)12(17)16-9-5-14-7-15-6-9/h5-8,10-11H,2-4H2,1H3,(H,16,17)(H,18,19)/t8?,10-,11+/m0/s1. The maximum Gasteiger partial charge on any atom is 0.307 e. The van der Waals surface area contributed by atoms with Gasteiger partial charge >= 0.3 is 5.97 Å². The van der Waals surface area contributed by atoms with Crippen molar-refractivity contribution in [3.8, 4) is 0 Å². The number of amides is 1. The summed E-state index contributed by atoms with van der Waals surface area (Å²) in [4.78, 5) is 31.0. The van der Waals surface area contributed by atoms with Gasteiger partial charge in [0.2, 0.25) is 5.91 Å². The average Bonchev–Trinajstić information content (AvgIpc) is 2.84. The third-order valence-electron chi connectivity index (χ3n) is 3.72. The molecule has 6 nitrogen and oxygen atoms in total. The number of nitrogens with one attached hydrogen (secondary N) is 1. The topological polar surface area (TPSA) is 92.2 Å². The molecule has 1 heterocycles. The third-order valence-corrected chi connectivity index (χ3v) is 3.72. The van der Waals surface area contributed by atoms with E-state index in [0.29, 0.717) is 24.4 Å². The van der Waals surface area contributed by atoms with Crippen LogP contribution in [0.4, 0.5) is 5.69 Å². The highest BCUT2D eigenvalue weighted by Crippen LogP contribution is 2.38. The molecule has 0 aliphatic heterocycles. The minimum absolute atomic E-state index is 0.252. The molecule has 1 aliphatic rings. The van der Waals surface area contributed by atoms with Gasteiger partial charge in [-0.2, -0.15) is 0 Å². The Morgan fingerprint density at radius 3 is 2.53 bits per heavy atom. The van der Waals surface area contributed by atoms with Gasteiger partial charge in [-0.1, -0.05) is 13.3 Å². The number of carbonyl (C=O) groups excluding carboxylic acids is 1. The molecule has 1 aliphatic carbocycles. The van der Waals surface area contributed by atoms with Crippen molar-refractivity contribution >= 4 is 17.6 Å². The number of rotatable bonds is 4. The Kier molecular flexibility index (Phi) is 4.09. The van der Waals surface area contributed by atoms with Crippen LogP contribution >= 0.6 is 0 Å². The van der Waals surface area contributed by atoms with E-state index in [9.17, 15) is 14.7 Å². The summed E-state index contributed by atoms with van der Waals surface area (Å²) < 4.78 is 0. The zero-order chi connectivity index (χ0) is 13.8. The minimum Gasteiger partial charge on any atom is -0.481 e. The molecule has 102 valence electrons. The number of carboxylic acid groups (broad SMARTS) is 1. The predicted octanol–water partition coefficient (Wildman–Crippen LogP) is 1.55. The van der Waals surface area contributed by atoms with Crippen LogP contribution in [-0.4, -0.2) is 27.0 Å². The molecule has 2 rings (SSSR count). The molecule has 0 spiro atoms. The highest BCUT2D eigenvalue weighted by molar-refractivity contribution is 5.95. The summed E-state index contributed by atoms with van der Waals surface area (Å²) in [6.45, 7) is 2.02. The van der Waals surface area contributed by atoms with E-state index in [1.165, 1.54) is 18.7 Å². The lowest BCUT2D eigenvalue weighted by Crippen LogP contribution is -2.30. The molecular weight excluding hydrogens is 246 g/mol. The number of hydrogen-bond donors (Lipinski definition) is 2. The van der Waals surface area contributed by atoms with Gasteiger partial charge in [0.15, 0.2) is 0 Å². The maximum atomic E-state index is 12.2. The fourth-order valence-electron chi connectivity index (χ4n) is 2.64. The Bertz CT molecular complexity index is 463. The SMILES string of the molecule is CCC1C[C@H](C(=O)Nc2cncnc2)[C@H](C(=O)O)C1. The second-order valence-corrected chi connectivity index (χ2v) is 4.91. The third kappa shape index (κ3) is 3.07. The van der Waals surface area contributed by atoms with E-state index >= 15 is 0 Å². The zero-order valence-electron chi connectivity index (χ0n) is 10.7. The van der Waals surface area contributed by atoms with Gasteiger partial charge in [0, 0.05) is 0 Å². The van der Waals surface area contributed by atoms with Crippen LogP contribution in [-0.2, 0) is 9.59 Å². The summed E-state index contributed by atoms with van der Waals surface area (Å²) in [5.74, 6) is -1.89.